The van der Waals surface area contributed by atoms with Crippen molar-refractivity contribution in [3.05, 3.63) is 266 Å². The average molecular weight is 1570 g/mol. The highest BCUT2D eigenvalue weighted by atomic mass is 79.9. The van der Waals surface area contributed by atoms with Gasteiger partial charge in [0.15, 0.2) is 17.5 Å². The molecule has 2 N–H and O–H groups in total. The molecule has 2 aliphatic carbocycles. The number of carbonyl (C=O) groups excluding carboxylic acids is 3. The molecule has 1 saturated heterocycles. The molecule has 1 unspecified atom stereocenters. The Bertz CT molecular complexity index is 4570. The second kappa shape index (κ2) is 36.8. The standard InChI is InChI=1S/C32H29BrN2O2S.C28H36ClN3O3S2.C25H25N2O2S/c1-4-15-34-31(38)35-30(36)24-9-7-8-10-25(24)32(35)26-14-11-20(19(5-2)6-3)18-28(26)37-29-23-13-12-22(33)16-21(23)17-27(29)32;29-12-3-1-2-6-16-34-18-19-35-17-13-30-25(33)20-32-27(36)22-9-7-8-21-24(31-14-4-5-15-31)11-10-23(26(21)22)28(32)37;1-4-29-25(28)23-17-21(7-5-19-9-13-26(2)14-10-19)24(30)22(18-23)8-6-20-11-15-27(3)16-12-20/h4,7-14,16,18-19H,1,5-6,15,17H2,2-3H3,(H,34,38);7-11H,1-6,12-20H2,(H,30,33);5-18H,4H2,1-3H3/q;;+1. The lowest BCUT2D eigenvalue weighted by molar-refractivity contribution is -0.671. The molecular weight excluding hydrogens is 1470 g/mol. The summed E-state index contributed by atoms with van der Waals surface area (Å²) in [6, 6.07) is 35.2. The number of hydrogen-bond acceptors (Lipinski definition) is 13. The third-order valence-electron chi connectivity index (χ3n) is 19.5. The van der Waals surface area contributed by atoms with Crippen LogP contribution in [0.3, 0.4) is 0 Å². The number of anilines is 1. The number of carbonyl (C=O) groups is 3. The van der Waals surface area contributed by atoms with E-state index in [0.29, 0.717) is 82.9 Å². The van der Waals surface area contributed by atoms with Gasteiger partial charge in [-0.15, -0.1) is 18.2 Å². The third-order valence-corrected chi connectivity index (χ3v) is 22.0. The van der Waals surface area contributed by atoms with E-state index in [-0.39, 0.29) is 24.3 Å². The third kappa shape index (κ3) is 17.7. The van der Waals surface area contributed by atoms with Gasteiger partial charge in [0.25, 0.3) is 5.91 Å². The molecule has 20 heteroatoms. The number of ether oxygens (including phenoxy) is 4. The van der Waals surface area contributed by atoms with E-state index in [1.807, 2.05) is 133 Å². The number of amides is 2. The molecule has 1 aromatic heterocycles. The predicted molar refractivity (Wildman–Crippen MR) is 443 cm³/mol. The minimum atomic E-state index is -0.917. The Balaban J connectivity index is 0.000000159. The molecular formula is C85H90BrClN7O7S4+. The molecule has 105 heavy (non-hydrogen) atoms. The maximum Gasteiger partial charge on any atom is 0.338 e. The maximum atomic E-state index is 14.2. The number of allylic oxidation sites excluding steroid dienone is 9. The number of aromatic nitrogens is 1. The van der Waals surface area contributed by atoms with Crippen molar-refractivity contribution in [2.75, 3.05) is 83.6 Å². The van der Waals surface area contributed by atoms with Gasteiger partial charge in [-0.05, 0) is 169 Å². The summed E-state index contributed by atoms with van der Waals surface area (Å²) in [6.45, 7) is 15.8. The molecule has 1 fully saturated rings. The molecule has 6 aromatic rings. The molecule has 2 amide bonds. The Morgan fingerprint density at radius 1 is 0.790 bits per heavy atom. The number of thiocarbonyl (C=S) groups is 4. The SMILES string of the molecule is C=CCNC(=S)N1C(=O)c2ccccc2C12C1=C(Oc3cc(C(CC)CC)ccc32)c2ccc(Br)cc2C1.CCOC(=O)C1=C/C(=C\C=C2C=CN(C)C=C2)C(=S)C(/C=C/c2cc[n+](C)cc2)=C1.O=C(CN1C(=S)c2cccc3c(N4CCCC4)ccc(c23)C1=S)NCCOCCOCCCCCCCl. The van der Waals surface area contributed by atoms with Gasteiger partial charge in [-0.2, -0.15) is 0 Å². The zero-order valence-electron chi connectivity index (χ0n) is 60.2. The normalized spacial score (nSPS) is 17.1. The molecule has 14 nitrogen and oxygen atoms in total. The Hall–Kier alpha value is -8.37. The number of halogens is 2. The van der Waals surface area contributed by atoms with Crippen LogP contribution in [0, 0.1) is 0 Å². The average Bonchev–Trinajstić information content (AvgIpc) is 1.52. The van der Waals surface area contributed by atoms with Crippen LogP contribution in [0.25, 0.3) is 22.6 Å². The van der Waals surface area contributed by atoms with Crippen molar-refractivity contribution >= 4 is 142 Å². The van der Waals surface area contributed by atoms with E-state index >= 15 is 0 Å². The smallest absolute Gasteiger partial charge is 0.338 e. The fraction of sp³-hybridized carbons (Fsp3) is 0.318. The molecule has 5 aliphatic heterocycles. The van der Waals surface area contributed by atoms with E-state index in [2.05, 4.69) is 106 Å². The molecule has 1 atom stereocenters. The van der Waals surface area contributed by atoms with Crippen LogP contribution in [-0.4, -0.2) is 131 Å². The van der Waals surface area contributed by atoms with Gasteiger partial charge in [-0.3, -0.25) is 14.5 Å². The van der Waals surface area contributed by atoms with Gasteiger partial charge in [0.2, 0.25) is 5.91 Å². The first kappa shape index (κ1) is 77.7. The van der Waals surface area contributed by atoms with Gasteiger partial charge in [0.1, 0.15) is 40.6 Å². The van der Waals surface area contributed by atoms with Crippen LogP contribution in [0.2, 0.25) is 0 Å². The van der Waals surface area contributed by atoms with E-state index in [1.54, 1.807) is 35.0 Å². The Kier molecular flexibility index (Phi) is 27.2. The monoisotopic (exact) mass is 1560 g/mol. The van der Waals surface area contributed by atoms with E-state index in [1.165, 1.54) is 35.0 Å². The Labute approximate surface area is 652 Å². The number of rotatable bonds is 25. The summed E-state index contributed by atoms with van der Waals surface area (Å²) in [5, 5.41) is 8.82. The van der Waals surface area contributed by atoms with Crippen molar-refractivity contribution in [1.29, 1.82) is 0 Å². The molecule has 0 saturated carbocycles. The van der Waals surface area contributed by atoms with Gasteiger partial charge >= 0.3 is 5.97 Å². The first-order valence-electron chi connectivity index (χ1n) is 36.1. The van der Waals surface area contributed by atoms with E-state index in [4.69, 9.17) is 79.4 Å². The highest BCUT2D eigenvalue weighted by molar-refractivity contribution is 9.10. The fourth-order valence-corrected chi connectivity index (χ4v) is 16.1. The van der Waals surface area contributed by atoms with E-state index in [9.17, 15) is 14.4 Å². The van der Waals surface area contributed by atoms with Crippen molar-refractivity contribution in [1.82, 2.24) is 25.3 Å². The lowest BCUT2D eigenvalue weighted by Gasteiger charge is -2.44. The molecule has 6 heterocycles. The van der Waals surface area contributed by atoms with Crippen LogP contribution in [0.15, 0.2) is 215 Å². The Morgan fingerprint density at radius 2 is 1.50 bits per heavy atom. The summed E-state index contributed by atoms with van der Waals surface area (Å²) in [5.74, 6) is 2.18. The summed E-state index contributed by atoms with van der Waals surface area (Å²) in [4.78, 5) is 49.1. The summed E-state index contributed by atoms with van der Waals surface area (Å²) >= 11 is 32.6. The quantitative estimate of drug-likeness (QED) is 0.0107. The van der Waals surface area contributed by atoms with Crippen molar-refractivity contribution < 1.29 is 37.9 Å². The molecule has 0 bridgehead atoms. The number of unbranched alkanes of at least 4 members (excludes halogenated alkanes) is 3. The van der Waals surface area contributed by atoms with Crippen molar-refractivity contribution in [2.24, 2.45) is 7.05 Å². The zero-order valence-corrected chi connectivity index (χ0v) is 65.8. The summed E-state index contributed by atoms with van der Waals surface area (Å²) < 4.78 is 26.1. The Morgan fingerprint density at radius 3 is 2.24 bits per heavy atom. The number of pyridine rings is 1. The van der Waals surface area contributed by atoms with Crippen molar-refractivity contribution in [3.8, 4) is 5.75 Å². The van der Waals surface area contributed by atoms with Crippen molar-refractivity contribution in [3.63, 3.8) is 0 Å². The first-order chi connectivity index (χ1) is 51.0. The van der Waals surface area contributed by atoms with Gasteiger partial charge in [-0.25, -0.2) is 9.36 Å². The first-order valence-corrected chi connectivity index (χ1v) is 39.1. The van der Waals surface area contributed by atoms with Crippen LogP contribution < -0.4 is 24.8 Å². The lowest BCUT2D eigenvalue weighted by Crippen LogP contribution is -2.54. The second-order valence-corrected chi connectivity index (χ2v) is 29.3. The summed E-state index contributed by atoms with van der Waals surface area (Å²) in [7, 11) is 3.95. The van der Waals surface area contributed by atoms with Crippen LogP contribution in [0.1, 0.15) is 133 Å². The van der Waals surface area contributed by atoms with Crippen molar-refractivity contribution in [2.45, 2.75) is 90.0 Å². The fourth-order valence-electron chi connectivity index (χ4n) is 14.2. The van der Waals surface area contributed by atoms with Crippen LogP contribution in [0.4, 0.5) is 5.69 Å². The zero-order chi connectivity index (χ0) is 74.2. The highest BCUT2D eigenvalue weighted by Gasteiger charge is 2.60. The van der Waals surface area contributed by atoms with E-state index in [0.717, 1.165) is 141 Å². The van der Waals surface area contributed by atoms with Gasteiger partial charge < -0.3 is 44.3 Å². The molecule has 0 radical (unpaired) electrons. The van der Waals surface area contributed by atoms with Gasteiger partial charge in [0, 0.05) is 131 Å². The van der Waals surface area contributed by atoms with E-state index < -0.39 is 5.54 Å². The number of aryl methyl sites for hydroxylation is 1. The molecule has 544 valence electrons. The molecule has 1 spiro atoms. The number of benzene rings is 5. The number of fused-ring (bicyclic) bond motifs is 7. The minimum absolute atomic E-state index is 0.0915. The second-order valence-electron chi connectivity index (χ2n) is 26.4. The lowest BCUT2D eigenvalue weighted by atomic mass is 9.73. The molecule has 5 aromatic carbocycles. The largest absolute Gasteiger partial charge is 0.462 e. The number of esters is 1. The number of nitrogens with one attached hydrogen (secondary N) is 2. The number of hydrogen-bond donors (Lipinski definition) is 2. The number of nitrogens with zero attached hydrogens (tertiary/aromatic N) is 5. The predicted octanol–water partition coefficient (Wildman–Crippen LogP) is 16.7. The van der Waals surface area contributed by atoms with Gasteiger partial charge in [-0.1, -0.05) is 158 Å². The van der Waals surface area contributed by atoms with Crippen LogP contribution in [0.5, 0.6) is 5.75 Å². The molecule has 13 rings (SSSR count). The summed E-state index contributed by atoms with van der Waals surface area (Å²) in [5.41, 5.74) is 13.5. The molecule has 7 aliphatic rings. The maximum absolute atomic E-state index is 14.2. The topological polar surface area (TPSA) is 129 Å². The summed E-state index contributed by atoms with van der Waals surface area (Å²) in [6.07, 6.45) is 34.8. The highest BCUT2D eigenvalue weighted by Crippen LogP contribution is 2.60. The number of alkyl halides is 1. The van der Waals surface area contributed by atoms with Crippen LogP contribution in [-0.2, 0) is 42.8 Å². The van der Waals surface area contributed by atoms with Crippen LogP contribution >= 0.6 is 76.4 Å². The minimum Gasteiger partial charge on any atom is -0.462 e. The van der Waals surface area contributed by atoms with Gasteiger partial charge in [0.05, 0.1) is 36.9 Å².